The molecule has 1 aromatic rings. The molecule has 0 aromatic heterocycles. The Hall–Kier alpha value is -2.12. The van der Waals surface area contributed by atoms with Crippen LogP contribution in [0, 0.1) is 17.7 Å². The molecule has 2 aliphatic rings. The Morgan fingerprint density at radius 2 is 1.71 bits per heavy atom. The first kappa shape index (κ1) is 16.7. The highest BCUT2D eigenvalue weighted by atomic mass is 19.4. The molecule has 1 N–H and O–H groups in total. The molecule has 1 aliphatic heterocycles. The van der Waals surface area contributed by atoms with Gasteiger partial charge in [-0.25, -0.2) is 4.39 Å². The third-order valence-corrected chi connectivity index (χ3v) is 4.90. The second-order valence-corrected chi connectivity index (χ2v) is 6.39. The minimum absolute atomic E-state index is 0.457. The molecule has 0 bridgehead atoms. The highest BCUT2D eigenvalue weighted by Gasteiger charge is 2.58. The third-order valence-electron chi connectivity index (χ3n) is 4.90. The van der Waals surface area contributed by atoms with Gasteiger partial charge in [-0.05, 0) is 30.5 Å². The zero-order valence-electron chi connectivity index (χ0n) is 12.5. The molecule has 0 unspecified atom stereocenters. The van der Waals surface area contributed by atoms with Crippen LogP contribution < -0.4 is 0 Å². The Morgan fingerprint density at radius 1 is 1.12 bits per heavy atom. The fraction of sp³-hybridized carbons (Fsp3) is 0.500. The largest absolute Gasteiger partial charge is 0.481 e. The number of rotatable bonds is 3. The summed E-state index contributed by atoms with van der Waals surface area (Å²) in [6.45, 7) is -1.11. The van der Waals surface area contributed by atoms with Gasteiger partial charge in [-0.15, -0.1) is 0 Å². The molecule has 1 saturated carbocycles. The van der Waals surface area contributed by atoms with E-state index in [0.29, 0.717) is 18.4 Å². The number of amides is 1. The van der Waals surface area contributed by atoms with Crippen molar-refractivity contribution in [3.05, 3.63) is 35.6 Å². The highest BCUT2D eigenvalue weighted by Crippen LogP contribution is 2.51. The molecular formula is C16H15F4NO3. The van der Waals surface area contributed by atoms with E-state index in [4.69, 9.17) is 5.11 Å². The van der Waals surface area contributed by atoms with E-state index in [2.05, 4.69) is 0 Å². The van der Waals surface area contributed by atoms with Crippen LogP contribution in [0.5, 0.6) is 0 Å². The first-order valence-electron chi connectivity index (χ1n) is 7.50. The van der Waals surface area contributed by atoms with Crippen molar-refractivity contribution < 1.29 is 32.3 Å². The summed E-state index contributed by atoms with van der Waals surface area (Å²) in [7, 11) is 0. The number of carboxylic acid groups (broad SMARTS) is 1. The standard InChI is InChI=1S/C16H15F4NO3/c17-10-3-1-9(2-4-10)15(5-6-15)14(24)21-7-11(13(22)23)12(8-21)16(18,19)20/h1-4,11-12H,5-8H2,(H,22,23)/t11-,12-/m1/s1. The fourth-order valence-corrected chi connectivity index (χ4v) is 3.37. The van der Waals surface area contributed by atoms with E-state index >= 15 is 0 Å². The second-order valence-electron chi connectivity index (χ2n) is 6.39. The molecule has 1 aliphatic carbocycles. The molecule has 24 heavy (non-hydrogen) atoms. The number of benzene rings is 1. The molecule has 0 radical (unpaired) electrons. The summed E-state index contributed by atoms with van der Waals surface area (Å²) in [5.41, 5.74) is -0.395. The fourth-order valence-electron chi connectivity index (χ4n) is 3.37. The Kier molecular flexibility index (Phi) is 3.80. The van der Waals surface area contributed by atoms with Crippen LogP contribution in [-0.2, 0) is 15.0 Å². The van der Waals surface area contributed by atoms with Gasteiger partial charge in [0.05, 0.1) is 17.3 Å². The maximum atomic E-state index is 13.0. The minimum atomic E-state index is -4.68. The number of carbonyl (C=O) groups excluding carboxylic acids is 1. The summed E-state index contributed by atoms with van der Waals surface area (Å²) in [6, 6.07) is 5.30. The summed E-state index contributed by atoms with van der Waals surface area (Å²) in [6.07, 6.45) is -3.75. The van der Waals surface area contributed by atoms with Crippen LogP contribution >= 0.6 is 0 Å². The monoisotopic (exact) mass is 345 g/mol. The van der Waals surface area contributed by atoms with Crippen LogP contribution in [-0.4, -0.2) is 41.1 Å². The van der Waals surface area contributed by atoms with E-state index in [1.165, 1.54) is 24.3 Å². The summed E-state index contributed by atoms with van der Waals surface area (Å²) in [5, 5.41) is 9.03. The molecular weight excluding hydrogens is 330 g/mol. The molecule has 3 rings (SSSR count). The average molecular weight is 345 g/mol. The third kappa shape index (κ3) is 2.74. The lowest BCUT2D eigenvalue weighted by Crippen LogP contribution is -2.39. The zero-order valence-corrected chi connectivity index (χ0v) is 12.5. The number of alkyl halides is 3. The Morgan fingerprint density at radius 3 is 2.12 bits per heavy atom. The number of halogens is 4. The van der Waals surface area contributed by atoms with Crippen molar-refractivity contribution >= 4 is 11.9 Å². The van der Waals surface area contributed by atoms with Gasteiger partial charge in [0.2, 0.25) is 5.91 Å². The van der Waals surface area contributed by atoms with Gasteiger partial charge in [0, 0.05) is 13.1 Å². The van der Waals surface area contributed by atoms with Crippen molar-refractivity contribution in [2.75, 3.05) is 13.1 Å². The van der Waals surface area contributed by atoms with Crippen LogP contribution in [0.2, 0.25) is 0 Å². The smallest absolute Gasteiger partial charge is 0.394 e. The van der Waals surface area contributed by atoms with Crippen LogP contribution in [0.15, 0.2) is 24.3 Å². The molecule has 1 aromatic carbocycles. The van der Waals surface area contributed by atoms with Crippen LogP contribution in [0.4, 0.5) is 17.6 Å². The normalized spacial score (nSPS) is 25.6. The van der Waals surface area contributed by atoms with Gasteiger partial charge in [0.1, 0.15) is 5.82 Å². The molecule has 1 saturated heterocycles. The second kappa shape index (κ2) is 5.46. The highest BCUT2D eigenvalue weighted by molar-refractivity contribution is 5.92. The van der Waals surface area contributed by atoms with Crippen molar-refractivity contribution in [2.24, 2.45) is 11.8 Å². The number of carboxylic acids is 1. The van der Waals surface area contributed by atoms with Gasteiger partial charge in [0.15, 0.2) is 0 Å². The van der Waals surface area contributed by atoms with Gasteiger partial charge in [0.25, 0.3) is 0 Å². The summed E-state index contributed by atoms with van der Waals surface area (Å²) >= 11 is 0. The van der Waals surface area contributed by atoms with Gasteiger partial charge < -0.3 is 10.0 Å². The first-order chi connectivity index (χ1) is 11.1. The number of likely N-dealkylation sites (tertiary alicyclic amines) is 1. The maximum absolute atomic E-state index is 13.0. The summed E-state index contributed by atoms with van der Waals surface area (Å²) < 4.78 is 52.2. The van der Waals surface area contributed by atoms with Crippen molar-refractivity contribution in [1.82, 2.24) is 4.90 Å². The van der Waals surface area contributed by atoms with E-state index in [-0.39, 0.29) is 0 Å². The van der Waals surface area contributed by atoms with E-state index in [1.807, 2.05) is 0 Å². The molecule has 1 amide bonds. The SMILES string of the molecule is O=C(O)[C@@H]1CN(C(=O)C2(c3ccc(F)cc3)CC2)C[C@H]1C(F)(F)F. The van der Waals surface area contributed by atoms with E-state index < -0.39 is 54.2 Å². The van der Waals surface area contributed by atoms with Crippen molar-refractivity contribution in [3.63, 3.8) is 0 Å². The Bertz CT molecular complexity index is 667. The van der Waals surface area contributed by atoms with Gasteiger partial charge >= 0.3 is 12.1 Å². The van der Waals surface area contributed by atoms with Crippen molar-refractivity contribution in [3.8, 4) is 0 Å². The number of aliphatic carboxylic acids is 1. The lowest BCUT2D eigenvalue weighted by Gasteiger charge is -2.24. The Balaban J connectivity index is 1.83. The van der Waals surface area contributed by atoms with E-state index in [0.717, 1.165) is 4.90 Å². The molecule has 2 fully saturated rings. The van der Waals surface area contributed by atoms with E-state index in [9.17, 15) is 27.2 Å². The minimum Gasteiger partial charge on any atom is -0.481 e. The molecule has 0 spiro atoms. The quantitative estimate of drug-likeness (QED) is 0.857. The van der Waals surface area contributed by atoms with Gasteiger partial charge in [-0.2, -0.15) is 13.2 Å². The lowest BCUT2D eigenvalue weighted by atomic mass is 9.94. The molecule has 2 atom stereocenters. The van der Waals surface area contributed by atoms with Gasteiger partial charge in [-0.1, -0.05) is 12.1 Å². The van der Waals surface area contributed by atoms with Gasteiger partial charge in [-0.3, -0.25) is 9.59 Å². The maximum Gasteiger partial charge on any atom is 0.394 e. The predicted octanol–water partition coefficient (Wildman–Crippen LogP) is 2.58. The Labute approximate surface area is 135 Å². The average Bonchev–Trinajstić information content (AvgIpc) is 3.16. The number of nitrogens with zero attached hydrogens (tertiary/aromatic N) is 1. The van der Waals surface area contributed by atoms with Crippen molar-refractivity contribution in [1.29, 1.82) is 0 Å². The first-order valence-corrected chi connectivity index (χ1v) is 7.50. The zero-order chi connectivity index (χ0) is 17.7. The van der Waals surface area contributed by atoms with Crippen LogP contribution in [0.25, 0.3) is 0 Å². The van der Waals surface area contributed by atoms with Crippen LogP contribution in [0.3, 0.4) is 0 Å². The summed E-state index contributed by atoms with van der Waals surface area (Å²) in [4.78, 5) is 24.8. The summed E-state index contributed by atoms with van der Waals surface area (Å²) in [5.74, 6) is -6.25. The number of hydrogen-bond donors (Lipinski definition) is 1. The molecule has 8 heteroatoms. The molecule has 1 heterocycles. The molecule has 130 valence electrons. The van der Waals surface area contributed by atoms with E-state index in [1.54, 1.807) is 0 Å². The van der Waals surface area contributed by atoms with Crippen molar-refractivity contribution in [2.45, 2.75) is 24.4 Å². The predicted molar refractivity (Wildman–Crippen MR) is 74.6 cm³/mol. The lowest BCUT2D eigenvalue weighted by molar-refractivity contribution is -0.188. The topological polar surface area (TPSA) is 57.6 Å². The van der Waals surface area contributed by atoms with Crippen LogP contribution in [0.1, 0.15) is 18.4 Å². The number of carbonyl (C=O) groups is 2. The molecule has 4 nitrogen and oxygen atoms in total. The number of hydrogen-bond acceptors (Lipinski definition) is 2.